The number of primary amides is 1. The van der Waals surface area contributed by atoms with E-state index < -0.39 is 30.4 Å². The van der Waals surface area contributed by atoms with Gasteiger partial charge >= 0.3 is 12.0 Å². The lowest BCUT2D eigenvalue weighted by Gasteiger charge is -2.35. The zero-order chi connectivity index (χ0) is 15.3. The minimum Gasteiger partial charge on any atom is -0.480 e. The van der Waals surface area contributed by atoms with Crippen LogP contribution >= 0.6 is 0 Å². The van der Waals surface area contributed by atoms with Crippen LogP contribution in [0.4, 0.5) is 4.79 Å². The van der Waals surface area contributed by atoms with E-state index in [0.29, 0.717) is 19.4 Å². The number of carboxylic acids is 1. The number of hydrogen-bond donors (Lipinski definition) is 4. The lowest BCUT2D eigenvalue weighted by Crippen LogP contribution is -2.53. The van der Waals surface area contributed by atoms with Gasteiger partial charge in [-0.1, -0.05) is 0 Å². The minimum absolute atomic E-state index is 0.0956. The Morgan fingerprint density at radius 2 is 2.10 bits per heavy atom. The summed E-state index contributed by atoms with van der Waals surface area (Å²) in [6.07, 6.45) is 0.848. The number of carbonyl (C=O) groups is 3. The van der Waals surface area contributed by atoms with Crippen molar-refractivity contribution in [1.29, 1.82) is 0 Å². The molecule has 1 heterocycles. The third kappa shape index (κ3) is 5.43. The van der Waals surface area contributed by atoms with Crippen molar-refractivity contribution >= 4 is 17.9 Å². The largest absolute Gasteiger partial charge is 0.480 e. The van der Waals surface area contributed by atoms with Gasteiger partial charge in [0.25, 0.3) is 0 Å². The van der Waals surface area contributed by atoms with E-state index in [1.54, 1.807) is 0 Å². The van der Waals surface area contributed by atoms with Gasteiger partial charge in [-0.05, 0) is 26.7 Å². The molecular weight excluding hydrogens is 266 g/mol. The standard InChI is InChI=1S/C12H21N3O5/c1-12(2)6-7(3-4-20-12)14-11(19)15-8(10(17)18)5-9(13)16/h7-8H,3-6H2,1-2H3,(H2,13,16)(H,17,18)(H2,14,15,19)/t7?,8-/m0/s1. The highest BCUT2D eigenvalue weighted by Gasteiger charge is 2.30. The molecule has 3 amide bonds. The zero-order valence-electron chi connectivity index (χ0n) is 11.6. The molecule has 0 spiro atoms. The third-order valence-electron chi connectivity index (χ3n) is 3.04. The van der Waals surface area contributed by atoms with E-state index in [0.717, 1.165) is 0 Å². The molecule has 1 unspecified atom stereocenters. The molecule has 5 N–H and O–H groups in total. The first-order valence-electron chi connectivity index (χ1n) is 6.42. The maximum atomic E-state index is 11.7. The van der Waals surface area contributed by atoms with Crippen LogP contribution < -0.4 is 16.4 Å². The number of nitrogens with one attached hydrogen (secondary N) is 2. The highest BCUT2D eigenvalue weighted by Crippen LogP contribution is 2.23. The summed E-state index contributed by atoms with van der Waals surface area (Å²) < 4.78 is 5.52. The highest BCUT2D eigenvalue weighted by molar-refractivity contribution is 5.87. The molecule has 2 atom stereocenters. The number of aliphatic carboxylic acids is 1. The molecule has 8 heteroatoms. The second-order valence-electron chi connectivity index (χ2n) is 5.48. The van der Waals surface area contributed by atoms with Crippen LogP contribution in [-0.2, 0) is 14.3 Å². The van der Waals surface area contributed by atoms with Crippen molar-refractivity contribution in [2.75, 3.05) is 6.61 Å². The number of amides is 3. The third-order valence-corrected chi connectivity index (χ3v) is 3.04. The summed E-state index contributed by atoms with van der Waals surface area (Å²) in [5, 5.41) is 13.8. The van der Waals surface area contributed by atoms with Crippen LogP contribution in [0.1, 0.15) is 33.1 Å². The second kappa shape index (κ2) is 6.56. The van der Waals surface area contributed by atoms with Crippen molar-refractivity contribution in [1.82, 2.24) is 10.6 Å². The SMILES string of the molecule is CC1(C)CC(NC(=O)N[C@@H](CC(N)=O)C(=O)O)CCO1. The van der Waals surface area contributed by atoms with Gasteiger partial charge in [0.05, 0.1) is 12.0 Å². The van der Waals surface area contributed by atoms with Crippen LogP contribution in [0.5, 0.6) is 0 Å². The summed E-state index contributed by atoms with van der Waals surface area (Å²) in [7, 11) is 0. The van der Waals surface area contributed by atoms with E-state index in [9.17, 15) is 14.4 Å². The maximum Gasteiger partial charge on any atom is 0.326 e. The summed E-state index contributed by atoms with van der Waals surface area (Å²) in [6, 6.07) is -2.04. The summed E-state index contributed by atoms with van der Waals surface area (Å²) in [5.74, 6) is -2.09. The van der Waals surface area contributed by atoms with Crippen LogP contribution in [-0.4, -0.2) is 47.3 Å². The molecule has 1 fully saturated rings. The quantitative estimate of drug-likeness (QED) is 0.545. The van der Waals surface area contributed by atoms with E-state index in [1.165, 1.54) is 0 Å². The van der Waals surface area contributed by atoms with Crippen molar-refractivity contribution in [3.8, 4) is 0 Å². The van der Waals surface area contributed by atoms with Crippen molar-refractivity contribution in [3.05, 3.63) is 0 Å². The zero-order valence-corrected chi connectivity index (χ0v) is 11.6. The van der Waals surface area contributed by atoms with Gasteiger partial charge in [0.15, 0.2) is 0 Å². The Bertz CT molecular complexity index is 397. The van der Waals surface area contributed by atoms with Crippen molar-refractivity contribution in [3.63, 3.8) is 0 Å². The normalized spacial score (nSPS) is 22.6. The summed E-state index contributed by atoms with van der Waals surface area (Å²) in [5.41, 5.74) is 4.61. The van der Waals surface area contributed by atoms with Crippen molar-refractivity contribution in [2.24, 2.45) is 5.73 Å². The Morgan fingerprint density at radius 3 is 2.60 bits per heavy atom. The van der Waals surface area contributed by atoms with E-state index in [4.69, 9.17) is 15.6 Å². The van der Waals surface area contributed by atoms with Gasteiger partial charge in [-0.2, -0.15) is 0 Å². The molecule has 0 aliphatic carbocycles. The highest BCUT2D eigenvalue weighted by atomic mass is 16.5. The lowest BCUT2D eigenvalue weighted by molar-refractivity contribution is -0.140. The molecule has 1 aliphatic heterocycles. The predicted octanol–water partition coefficient (Wildman–Crippen LogP) is -0.428. The molecule has 0 aromatic heterocycles. The van der Waals surface area contributed by atoms with Crippen LogP contribution in [0.25, 0.3) is 0 Å². The number of rotatable bonds is 5. The average Bonchev–Trinajstić information content (AvgIpc) is 2.25. The predicted molar refractivity (Wildman–Crippen MR) is 70.0 cm³/mol. The number of carboxylic acid groups (broad SMARTS) is 1. The van der Waals surface area contributed by atoms with Crippen LogP contribution in [0, 0.1) is 0 Å². The van der Waals surface area contributed by atoms with Crippen molar-refractivity contribution in [2.45, 2.75) is 50.8 Å². The molecular formula is C12H21N3O5. The molecule has 1 saturated heterocycles. The Kier molecular flexibility index (Phi) is 5.32. The van der Waals surface area contributed by atoms with Crippen LogP contribution in [0.15, 0.2) is 0 Å². The van der Waals surface area contributed by atoms with Gasteiger partial charge in [-0.15, -0.1) is 0 Å². The van der Waals surface area contributed by atoms with Gasteiger partial charge in [0.2, 0.25) is 5.91 Å². The van der Waals surface area contributed by atoms with Gasteiger partial charge in [-0.3, -0.25) is 4.79 Å². The second-order valence-corrected chi connectivity index (χ2v) is 5.48. The fourth-order valence-corrected chi connectivity index (χ4v) is 2.14. The first kappa shape index (κ1) is 16.2. The number of ether oxygens (including phenoxy) is 1. The van der Waals surface area contributed by atoms with Gasteiger partial charge in [0, 0.05) is 12.6 Å². The van der Waals surface area contributed by atoms with Gasteiger partial charge < -0.3 is 26.2 Å². The first-order chi connectivity index (χ1) is 9.19. The van der Waals surface area contributed by atoms with Crippen molar-refractivity contribution < 1.29 is 24.2 Å². The van der Waals surface area contributed by atoms with E-state index in [1.807, 2.05) is 13.8 Å². The fraction of sp³-hybridized carbons (Fsp3) is 0.750. The Morgan fingerprint density at radius 1 is 1.45 bits per heavy atom. The number of hydrogen-bond acceptors (Lipinski definition) is 4. The lowest BCUT2D eigenvalue weighted by atomic mass is 9.94. The number of carbonyl (C=O) groups excluding carboxylic acids is 2. The molecule has 1 aliphatic rings. The van der Waals surface area contributed by atoms with E-state index in [-0.39, 0.29) is 11.6 Å². The van der Waals surface area contributed by atoms with E-state index >= 15 is 0 Å². The molecule has 114 valence electrons. The van der Waals surface area contributed by atoms with Crippen LogP contribution in [0.2, 0.25) is 0 Å². The first-order valence-corrected chi connectivity index (χ1v) is 6.42. The number of urea groups is 1. The van der Waals surface area contributed by atoms with E-state index in [2.05, 4.69) is 10.6 Å². The Balaban J connectivity index is 2.49. The monoisotopic (exact) mass is 287 g/mol. The Labute approximate surface area is 117 Å². The minimum atomic E-state index is -1.32. The fourth-order valence-electron chi connectivity index (χ4n) is 2.14. The summed E-state index contributed by atoms with van der Waals surface area (Å²) in [4.78, 5) is 33.4. The maximum absolute atomic E-state index is 11.7. The molecule has 0 saturated carbocycles. The molecule has 0 radical (unpaired) electrons. The summed E-state index contributed by atoms with van der Waals surface area (Å²) in [6.45, 7) is 4.37. The molecule has 0 aromatic rings. The molecule has 0 aromatic carbocycles. The number of nitrogens with two attached hydrogens (primary N) is 1. The Hall–Kier alpha value is -1.83. The van der Waals surface area contributed by atoms with Gasteiger partial charge in [0.1, 0.15) is 6.04 Å². The van der Waals surface area contributed by atoms with Crippen LogP contribution in [0.3, 0.4) is 0 Å². The van der Waals surface area contributed by atoms with Gasteiger partial charge in [-0.25, -0.2) is 9.59 Å². The molecule has 0 bridgehead atoms. The molecule has 1 rings (SSSR count). The topological polar surface area (TPSA) is 131 Å². The average molecular weight is 287 g/mol. The molecule has 8 nitrogen and oxygen atoms in total. The summed E-state index contributed by atoms with van der Waals surface area (Å²) >= 11 is 0. The molecule has 20 heavy (non-hydrogen) atoms. The smallest absolute Gasteiger partial charge is 0.326 e.